The fraction of sp³-hybridized carbons (Fsp3) is 0. The number of hydrogen-bond acceptors (Lipinski definition) is 8. The summed E-state index contributed by atoms with van der Waals surface area (Å²) in [6, 6.07) is 36.2. The van der Waals surface area contributed by atoms with Crippen LogP contribution in [0.2, 0.25) is 0 Å². The zero-order chi connectivity index (χ0) is 41.3. The van der Waals surface area contributed by atoms with Gasteiger partial charge in [0.2, 0.25) is 0 Å². The van der Waals surface area contributed by atoms with Crippen molar-refractivity contribution in [2.75, 3.05) is 11.5 Å². The molecular formula is C48H30N8O4. The van der Waals surface area contributed by atoms with E-state index in [1.165, 1.54) is 12.1 Å². The van der Waals surface area contributed by atoms with Crippen LogP contribution in [-0.2, 0) is 0 Å². The molecule has 9 rings (SSSR count). The number of rotatable bonds is 4. The Labute approximate surface area is 341 Å². The van der Waals surface area contributed by atoms with Gasteiger partial charge < -0.3 is 21.4 Å². The molecule has 12 nitrogen and oxygen atoms in total. The number of non-ortho nitro benzene ring substituents is 1. The summed E-state index contributed by atoms with van der Waals surface area (Å²) in [5.74, 6) is 12.7. The Kier molecular flexibility index (Phi) is 9.25. The van der Waals surface area contributed by atoms with E-state index in [9.17, 15) is 20.2 Å². The van der Waals surface area contributed by atoms with E-state index in [-0.39, 0.29) is 5.56 Å². The first-order valence-corrected chi connectivity index (χ1v) is 18.6. The van der Waals surface area contributed by atoms with Gasteiger partial charge in [-0.3, -0.25) is 20.2 Å². The largest absolute Gasteiger partial charge is 0.399 e. The summed E-state index contributed by atoms with van der Waals surface area (Å²) in [5, 5.41) is 23.5. The number of fused-ring (bicyclic) bond motifs is 8. The molecule has 8 bridgehead atoms. The first-order valence-electron chi connectivity index (χ1n) is 18.6. The van der Waals surface area contributed by atoms with Crippen molar-refractivity contribution < 1.29 is 9.85 Å². The molecule has 0 unspecified atom stereocenters. The topological polar surface area (TPSA) is 196 Å². The van der Waals surface area contributed by atoms with Crippen LogP contribution in [0, 0.1) is 43.9 Å². The zero-order valence-corrected chi connectivity index (χ0v) is 31.4. The predicted molar refractivity (Wildman–Crippen MR) is 237 cm³/mol. The predicted octanol–water partition coefficient (Wildman–Crippen LogP) is 9.77. The van der Waals surface area contributed by atoms with Crippen LogP contribution < -0.4 is 11.5 Å². The molecule has 4 aromatic carbocycles. The fourth-order valence-electron chi connectivity index (χ4n) is 7.13. The number of nitro groups is 2. The van der Waals surface area contributed by atoms with Gasteiger partial charge in [-0.05, 0) is 84.0 Å². The second-order valence-electron chi connectivity index (χ2n) is 13.8. The van der Waals surface area contributed by atoms with Crippen LogP contribution in [0.4, 0.5) is 22.7 Å². The van der Waals surface area contributed by atoms with E-state index in [0.29, 0.717) is 50.8 Å². The lowest BCUT2D eigenvalue weighted by molar-refractivity contribution is -0.394. The summed E-state index contributed by atoms with van der Waals surface area (Å²) in [4.78, 5) is 39.7. The molecule has 286 valence electrons. The van der Waals surface area contributed by atoms with Crippen LogP contribution in [0.5, 0.6) is 0 Å². The first kappa shape index (κ1) is 36.6. The van der Waals surface area contributed by atoms with E-state index >= 15 is 0 Å². The summed E-state index contributed by atoms with van der Waals surface area (Å²) >= 11 is 0. The summed E-state index contributed by atoms with van der Waals surface area (Å²) in [5.41, 5.74) is 22.8. The normalized spacial score (nSPS) is 11.3. The van der Waals surface area contributed by atoms with Crippen molar-refractivity contribution in [3.8, 4) is 45.9 Å². The van der Waals surface area contributed by atoms with Gasteiger partial charge >= 0.3 is 0 Å². The lowest BCUT2D eigenvalue weighted by Gasteiger charge is -2.04. The standard InChI is InChI=1S/C48H30N8O4/c49-33-15-11-29(37(50)27-33)13-17-35-38-19-23-42(51-38)47(31-7-3-1-4-8-31)44-25-21-40(53-44)36(18-14-30-12-16-34(55(57)58)28-46(30)56(59)60)41-22-26-45(54-41)48(32-9-5-2-6-10-32)43-24-20-39(35)52-43/h1-12,15-16,19-28,51-52H,49-50H2. The van der Waals surface area contributed by atoms with Gasteiger partial charge in [-0.2, -0.15) is 0 Å². The molecule has 0 fully saturated rings. The molecule has 2 aliphatic heterocycles. The molecule has 5 heterocycles. The van der Waals surface area contributed by atoms with Crippen LogP contribution in [-0.4, -0.2) is 29.8 Å². The highest BCUT2D eigenvalue weighted by atomic mass is 16.6. The molecule has 0 saturated heterocycles. The SMILES string of the molecule is Nc1ccc(C#Cc2c3ccc([nH]3)c(-c3ccccc3)c3nc(c(C#Cc4ccc([N+](=O)[O-])cc4[N+](=O)[O-])c4nc(c(-c5ccccc5)c5ccc2[nH]5)C=C4)C=C3)c(N)c1. The molecule has 0 radical (unpaired) electrons. The number of hydrogen-bond donors (Lipinski definition) is 4. The Balaban J connectivity index is 1.39. The van der Waals surface area contributed by atoms with Gasteiger partial charge in [-0.1, -0.05) is 84.3 Å². The van der Waals surface area contributed by atoms with Gasteiger partial charge in [0.15, 0.2) is 0 Å². The number of aromatic amines is 2. The zero-order valence-electron chi connectivity index (χ0n) is 31.4. The van der Waals surface area contributed by atoms with Crippen molar-refractivity contribution in [3.05, 3.63) is 187 Å². The molecule has 7 aromatic rings. The molecule has 12 heteroatoms. The number of nitrogens with one attached hydrogen (secondary N) is 2. The van der Waals surface area contributed by atoms with Crippen molar-refractivity contribution in [1.82, 2.24) is 19.9 Å². The molecule has 0 amide bonds. The van der Waals surface area contributed by atoms with Crippen LogP contribution in [0.15, 0.2) is 121 Å². The van der Waals surface area contributed by atoms with E-state index in [4.69, 9.17) is 21.4 Å². The average molecular weight is 783 g/mol. The van der Waals surface area contributed by atoms with Crippen LogP contribution in [0.1, 0.15) is 45.0 Å². The molecule has 0 saturated carbocycles. The Morgan fingerprint density at radius 1 is 0.500 bits per heavy atom. The smallest absolute Gasteiger partial charge is 0.291 e. The Hall–Kier alpha value is -9.00. The Morgan fingerprint density at radius 2 is 1.00 bits per heavy atom. The number of H-pyrrole nitrogens is 2. The maximum Gasteiger partial charge on any atom is 0.291 e. The molecular weight excluding hydrogens is 753 g/mol. The summed E-state index contributed by atoms with van der Waals surface area (Å²) < 4.78 is 0. The molecule has 0 aliphatic carbocycles. The third-order valence-corrected chi connectivity index (χ3v) is 9.99. The van der Waals surface area contributed by atoms with Crippen LogP contribution in [0.3, 0.4) is 0 Å². The van der Waals surface area contributed by atoms with E-state index in [1.54, 1.807) is 18.2 Å². The van der Waals surface area contributed by atoms with Crippen LogP contribution in [0.25, 0.3) is 68.6 Å². The second-order valence-corrected chi connectivity index (χ2v) is 13.8. The third kappa shape index (κ3) is 7.00. The second kappa shape index (κ2) is 15.2. The van der Waals surface area contributed by atoms with Crippen molar-refractivity contribution in [1.29, 1.82) is 0 Å². The minimum absolute atomic E-state index is 0.00365. The first-order chi connectivity index (χ1) is 29.2. The maximum atomic E-state index is 12.1. The number of nitro benzene ring substituents is 2. The summed E-state index contributed by atoms with van der Waals surface area (Å²) in [6.45, 7) is 0. The Morgan fingerprint density at radius 3 is 1.53 bits per heavy atom. The van der Waals surface area contributed by atoms with Gasteiger partial charge in [-0.15, -0.1) is 0 Å². The molecule has 60 heavy (non-hydrogen) atoms. The van der Waals surface area contributed by atoms with Crippen molar-refractivity contribution >= 4 is 69.1 Å². The number of nitrogen functional groups attached to an aromatic ring is 2. The molecule has 0 spiro atoms. The van der Waals surface area contributed by atoms with Crippen LogP contribution >= 0.6 is 0 Å². The number of anilines is 2. The fourth-order valence-corrected chi connectivity index (χ4v) is 7.13. The number of nitrogens with zero attached hydrogens (tertiary/aromatic N) is 4. The summed E-state index contributed by atoms with van der Waals surface area (Å²) in [7, 11) is 0. The van der Waals surface area contributed by atoms with E-state index in [0.717, 1.165) is 50.4 Å². The quantitative estimate of drug-likeness (QED) is 0.0586. The maximum absolute atomic E-state index is 12.1. The van der Waals surface area contributed by atoms with Crippen molar-refractivity contribution in [2.45, 2.75) is 0 Å². The number of nitrogens with two attached hydrogens (primary N) is 2. The van der Waals surface area contributed by atoms with Crippen molar-refractivity contribution in [3.63, 3.8) is 0 Å². The molecule has 3 aromatic heterocycles. The third-order valence-electron chi connectivity index (χ3n) is 9.99. The molecule has 0 atom stereocenters. The highest BCUT2D eigenvalue weighted by Gasteiger charge is 2.20. The number of benzene rings is 4. The lowest BCUT2D eigenvalue weighted by Crippen LogP contribution is -1.96. The van der Waals surface area contributed by atoms with Crippen molar-refractivity contribution in [2.24, 2.45) is 0 Å². The minimum Gasteiger partial charge on any atom is -0.399 e. The monoisotopic (exact) mass is 782 g/mol. The van der Waals surface area contributed by atoms with Gasteiger partial charge in [0.25, 0.3) is 11.4 Å². The van der Waals surface area contributed by atoms with E-state index < -0.39 is 21.2 Å². The highest BCUT2D eigenvalue weighted by Crippen LogP contribution is 2.34. The average Bonchev–Trinajstić information content (AvgIpc) is 4.10. The molecule has 6 N–H and O–H groups in total. The van der Waals surface area contributed by atoms with Gasteiger partial charge in [0, 0.05) is 45.2 Å². The van der Waals surface area contributed by atoms with Gasteiger partial charge in [0.1, 0.15) is 5.56 Å². The highest BCUT2D eigenvalue weighted by molar-refractivity contribution is 5.95. The van der Waals surface area contributed by atoms with Gasteiger partial charge in [-0.25, -0.2) is 9.97 Å². The number of aromatic nitrogens is 4. The summed E-state index contributed by atoms with van der Waals surface area (Å²) in [6.07, 6.45) is 7.45. The Bertz CT molecular complexity index is 3170. The lowest BCUT2D eigenvalue weighted by atomic mass is 10.0. The van der Waals surface area contributed by atoms with Gasteiger partial charge in [0.05, 0.1) is 60.8 Å². The van der Waals surface area contributed by atoms with E-state index in [1.807, 2.05) is 109 Å². The molecule has 2 aliphatic rings. The minimum atomic E-state index is -0.683. The van der Waals surface area contributed by atoms with E-state index in [2.05, 4.69) is 33.6 Å².